The van der Waals surface area contributed by atoms with Crippen LogP contribution >= 0.6 is 0 Å². The lowest BCUT2D eigenvalue weighted by molar-refractivity contribution is -0.126. The summed E-state index contributed by atoms with van der Waals surface area (Å²) in [5, 5.41) is 20.2. The molecule has 0 atom stereocenters. The van der Waals surface area contributed by atoms with Crippen LogP contribution in [-0.4, -0.2) is 34.1 Å². The first-order valence-corrected chi connectivity index (χ1v) is 10.1. The number of carbonyl (C=O) groups is 1. The van der Waals surface area contributed by atoms with Crippen molar-refractivity contribution >= 4 is 12.0 Å². The van der Waals surface area contributed by atoms with Gasteiger partial charge in [-0.25, -0.2) is 0 Å². The van der Waals surface area contributed by atoms with Crippen molar-refractivity contribution in [3.8, 4) is 5.75 Å². The van der Waals surface area contributed by atoms with Crippen molar-refractivity contribution in [3.63, 3.8) is 0 Å². The molecule has 5 nitrogen and oxygen atoms in total. The van der Waals surface area contributed by atoms with Gasteiger partial charge in [-0.1, -0.05) is 36.4 Å². The zero-order valence-electron chi connectivity index (χ0n) is 17.1. The number of phenols is 1. The molecule has 1 fully saturated rings. The third kappa shape index (κ3) is 5.25. The highest BCUT2D eigenvalue weighted by atomic mass is 16.3. The van der Waals surface area contributed by atoms with Crippen LogP contribution in [0.15, 0.2) is 48.5 Å². The second-order valence-electron chi connectivity index (χ2n) is 8.22. The average molecular weight is 395 g/mol. The van der Waals surface area contributed by atoms with Gasteiger partial charge in [0.05, 0.1) is 5.60 Å². The third-order valence-corrected chi connectivity index (χ3v) is 5.56. The van der Waals surface area contributed by atoms with Crippen LogP contribution < -0.4 is 5.73 Å². The summed E-state index contributed by atoms with van der Waals surface area (Å²) in [6.45, 7) is 5.24. The number of carbonyl (C=O) groups excluding carboxylic acids is 1. The van der Waals surface area contributed by atoms with Crippen molar-refractivity contribution < 1.29 is 15.0 Å². The maximum atomic E-state index is 12.5. The Labute approximate surface area is 172 Å². The number of likely N-dealkylation sites (tertiary alicyclic amines) is 1. The minimum atomic E-state index is -1.11. The first-order valence-electron chi connectivity index (χ1n) is 10.1. The van der Waals surface area contributed by atoms with Crippen molar-refractivity contribution in [2.24, 2.45) is 5.73 Å². The quantitative estimate of drug-likeness (QED) is 0.678. The normalized spacial score (nSPS) is 15.8. The Morgan fingerprint density at radius 3 is 2.55 bits per heavy atom. The van der Waals surface area contributed by atoms with Crippen LogP contribution in [0.3, 0.4) is 0 Å². The molecule has 154 valence electrons. The molecule has 1 aliphatic rings. The summed E-state index contributed by atoms with van der Waals surface area (Å²) in [7, 11) is 0. The molecular weight excluding hydrogens is 364 g/mol. The Balaban J connectivity index is 1.59. The SMILES string of the molecule is CC(C)(O)c1ccc(/C=C/C(=O)N2CCC(c3cccc(CN)c3)CC2)cc1O. The van der Waals surface area contributed by atoms with Crippen LogP contribution in [0.1, 0.15) is 54.9 Å². The Hall–Kier alpha value is -2.63. The summed E-state index contributed by atoms with van der Waals surface area (Å²) in [6, 6.07) is 13.4. The van der Waals surface area contributed by atoms with Crippen LogP contribution in [-0.2, 0) is 16.9 Å². The molecule has 29 heavy (non-hydrogen) atoms. The fraction of sp³-hybridized carbons (Fsp3) is 0.375. The molecule has 0 aliphatic carbocycles. The van der Waals surface area contributed by atoms with Gasteiger partial charge in [-0.15, -0.1) is 0 Å². The lowest BCUT2D eigenvalue weighted by Crippen LogP contribution is -2.36. The van der Waals surface area contributed by atoms with Crippen LogP contribution in [0.5, 0.6) is 5.75 Å². The summed E-state index contributed by atoms with van der Waals surface area (Å²) >= 11 is 0. The highest BCUT2D eigenvalue weighted by molar-refractivity contribution is 5.91. The van der Waals surface area contributed by atoms with E-state index in [1.165, 1.54) is 5.56 Å². The van der Waals surface area contributed by atoms with Crippen LogP contribution in [0.4, 0.5) is 0 Å². The molecule has 1 amide bonds. The van der Waals surface area contributed by atoms with Crippen molar-refractivity contribution in [1.29, 1.82) is 0 Å². The Morgan fingerprint density at radius 1 is 1.21 bits per heavy atom. The maximum absolute atomic E-state index is 12.5. The molecule has 0 spiro atoms. The molecular formula is C24H30N2O3. The summed E-state index contributed by atoms with van der Waals surface area (Å²) in [5.74, 6) is 0.457. The summed E-state index contributed by atoms with van der Waals surface area (Å²) in [4.78, 5) is 14.4. The van der Waals surface area contributed by atoms with E-state index >= 15 is 0 Å². The van der Waals surface area contributed by atoms with E-state index in [9.17, 15) is 15.0 Å². The van der Waals surface area contributed by atoms with E-state index in [1.54, 1.807) is 44.2 Å². The monoisotopic (exact) mass is 394 g/mol. The van der Waals surface area contributed by atoms with Crippen molar-refractivity contribution in [1.82, 2.24) is 4.90 Å². The van der Waals surface area contributed by atoms with E-state index in [0.29, 0.717) is 18.0 Å². The fourth-order valence-electron chi connectivity index (χ4n) is 3.85. The van der Waals surface area contributed by atoms with Gasteiger partial charge in [0.2, 0.25) is 5.91 Å². The number of benzene rings is 2. The number of nitrogens with two attached hydrogens (primary N) is 1. The molecule has 0 aromatic heterocycles. The van der Waals surface area contributed by atoms with Crippen molar-refractivity contribution in [2.45, 2.75) is 44.8 Å². The van der Waals surface area contributed by atoms with Crippen LogP contribution in [0, 0.1) is 0 Å². The molecule has 0 saturated carbocycles. The molecule has 0 radical (unpaired) electrons. The second-order valence-corrected chi connectivity index (χ2v) is 8.22. The molecule has 5 heteroatoms. The molecule has 2 aromatic carbocycles. The Morgan fingerprint density at radius 2 is 1.93 bits per heavy atom. The van der Waals surface area contributed by atoms with Gasteiger partial charge in [-0.2, -0.15) is 0 Å². The van der Waals surface area contributed by atoms with E-state index in [0.717, 1.165) is 37.1 Å². The van der Waals surface area contributed by atoms with Gasteiger partial charge in [0.15, 0.2) is 0 Å². The molecule has 3 rings (SSSR count). The zero-order chi connectivity index (χ0) is 21.0. The summed E-state index contributed by atoms with van der Waals surface area (Å²) < 4.78 is 0. The lowest BCUT2D eigenvalue weighted by Gasteiger charge is -2.31. The number of aliphatic hydroxyl groups is 1. The summed E-state index contributed by atoms with van der Waals surface area (Å²) in [6.07, 6.45) is 5.13. The molecule has 1 heterocycles. The van der Waals surface area contributed by atoms with Crippen molar-refractivity contribution in [2.75, 3.05) is 13.1 Å². The number of phenolic OH excluding ortho intramolecular Hbond substituents is 1. The highest BCUT2D eigenvalue weighted by Gasteiger charge is 2.23. The number of amides is 1. The molecule has 1 aliphatic heterocycles. The summed E-state index contributed by atoms with van der Waals surface area (Å²) in [5.41, 5.74) is 8.25. The number of hydrogen-bond acceptors (Lipinski definition) is 4. The van der Waals surface area contributed by atoms with Crippen molar-refractivity contribution in [3.05, 3.63) is 70.8 Å². The van der Waals surface area contributed by atoms with Gasteiger partial charge in [-0.05, 0) is 61.4 Å². The molecule has 2 aromatic rings. The fourth-order valence-corrected chi connectivity index (χ4v) is 3.85. The predicted molar refractivity (Wildman–Crippen MR) is 115 cm³/mol. The molecule has 4 N–H and O–H groups in total. The smallest absolute Gasteiger partial charge is 0.246 e. The van der Waals surface area contributed by atoms with E-state index in [-0.39, 0.29) is 11.7 Å². The maximum Gasteiger partial charge on any atom is 0.246 e. The number of nitrogens with zero attached hydrogens (tertiary/aromatic N) is 1. The zero-order valence-corrected chi connectivity index (χ0v) is 17.1. The lowest BCUT2D eigenvalue weighted by atomic mass is 9.88. The molecule has 1 saturated heterocycles. The largest absolute Gasteiger partial charge is 0.508 e. The average Bonchev–Trinajstić information content (AvgIpc) is 2.71. The standard InChI is InChI=1S/C24H30N2O3/c1-24(2,29)21-8-6-17(15-22(21)27)7-9-23(28)26-12-10-19(11-13-26)20-5-3-4-18(14-20)16-25/h3-9,14-15,19,27,29H,10-13,16,25H2,1-2H3/b9-7+. The predicted octanol–water partition coefficient (Wildman–Crippen LogP) is 3.50. The molecule has 0 unspecified atom stereocenters. The minimum absolute atomic E-state index is 0.0209. The van der Waals surface area contributed by atoms with E-state index in [1.807, 2.05) is 11.0 Å². The van der Waals surface area contributed by atoms with E-state index < -0.39 is 5.60 Å². The van der Waals surface area contributed by atoms with Crippen LogP contribution in [0.25, 0.3) is 6.08 Å². The van der Waals surface area contributed by atoms with Gasteiger partial charge in [0, 0.05) is 31.3 Å². The topological polar surface area (TPSA) is 86.8 Å². The Kier molecular flexibility index (Phi) is 6.40. The number of hydrogen-bond donors (Lipinski definition) is 3. The Bertz CT molecular complexity index is 891. The molecule has 0 bridgehead atoms. The van der Waals surface area contributed by atoms with E-state index in [4.69, 9.17) is 5.73 Å². The first kappa shape index (κ1) is 21.1. The first-order chi connectivity index (χ1) is 13.8. The third-order valence-electron chi connectivity index (χ3n) is 5.56. The van der Waals surface area contributed by atoms with Gasteiger partial charge < -0.3 is 20.8 Å². The minimum Gasteiger partial charge on any atom is -0.508 e. The van der Waals surface area contributed by atoms with Gasteiger partial charge >= 0.3 is 0 Å². The van der Waals surface area contributed by atoms with Gasteiger partial charge in [0.1, 0.15) is 5.75 Å². The number of rotatable bonds is 5. The van der Waals surface area contributed by atoms with Gasteiger partial charge in [0.25, 0.3) is 0 Å². The van der Waals surface area contributed by atoms with Gasteiger partial charge in [-0.3, -0.25) is 4.79 Å². The van der Waals surface area contributed by atoms with Crippen LogP contribution in [0.2, 0.25) is 0 Å². The number of piperidine rings is 1. The number of aromatic hydroxyl groups is 1. The van der Waals surface area contributed by atoms with E-state index in [2.05, 4.69) is 18.2 Å². The highest BCUT2D eigenvalue weighted by Crippen LogP contribution is 2.30. The second kappa shape index (κ2) is 8.80.